The van der Waals surface area contributed by atoms with Crippen molar-refractivity contribution in [3.05, 3.63) is 28.3 Å². The fraction of sp³-hybridized carbons (Fsp3) is 0.333. The minimum absolute atomic E-state index is 0.304. The normalized spacial score (nSPS) is 10.7. The number of thioether (sulfide) groups is 1. The zero-order valence-corrected chi connectivity index (χ0v) is 9.68. The number of nitrogens with zero attached hydrogens (tertiary/aromatic N) is 2. The van der Waals surface area contributed by atoms with Gasteiger partial charge in [0.15, 0.2) is 0 Å². The number of hydrogen-bond acceptors (Lipinski definition) is 6. The summed E-state index contributed by atoms with van der Waals surface area (Å²) in [6.45, 7) is 0.304. The van der Waals surface area contributed by atoms with E-state index in [4.69, 9.17) is 10.2 Å². The molecule has 80 valence electrons. The van der Waals surface area contributed by atoms with Crippen molar-refractivity contribution in [1.82, 2.24) is 10.2 Å². The second kappa shape index (κ2) is 5.29. The van der Waals surface area contributed by atoms with Gasteiger partial charge in [-0.15, -0.1) is 21.5 Å². The number of hydrogen-bond donors (Lipinski definition) is 1. The molecule has 0 saturated carbocycles. The highest BCUT2D eigenvalue weighted by molar-refractivity contribution is 7.99. The Labute approximate surface area is 95.9 Å². The molecule has 0 bridgehead atoms. The second-order valence-electron chi connectivity index (χ2n) is 2.84. The van der Waals surface area contributed by atoms with Gasteiger partial charge in [-0.1, -0.05) is 17.8 Å². The van der Waals surface area contributed by atoms with Gasteiger partial charge in [0.1, 0.15) is 0 Å². The van der Waals surface area contributed by atoms with Crippen molar-refractivity contribution in [2.75, 3.05) is 5.75 Å². The maximum absolute atomic E-state index is 5.37. The first-order valence-corrected chi connectivity index (χ1v) is 6.42. The molecule has 0 aliphatic rings. The number of aryl methyl sites for hydroxylation is 1. The van der Waals surface area contributed by atoms with Crippen LogP contribution in [0.3, 0.4) is 0 Å². The first kappa shape index (κ1) is 10.7. The van der Waals surface area contributed by atoms with Crippen molar-refractivity contribution < 1.29 is 4.42 Å². The van der Waals surface area contributed by atoms with Crippen molar-refractivity contribution in [2.24, 2.45) is 5.73 Å². The van der Waals surface area contributed by atoms with Gasteiger partial charge in [-0.3, -0.25) is 0 Å². The van der Waals surface area contributed by atoms with Crippen LogP contribution in [0.25, 0.3) is 0 Å². The van der Waals surface area contributed by atoms with Gasteiger partial charge >= 0.3 is 0 Å². The third kappa shape index (κ3) is 3.05. The van der Waals surface area contributed by atoms with Gasteiger partial charge in [0.25, 0.3) is 5.22 Å². The molecule has 0 unspecified atom stereocenters. The summed E-state index contributed by atoms with van der Waals surface area (Å²) in [6, 6.07) is 4.19. The zero-order valence-electron chi connectivity index (χ0n) is 8.05. The van der Waals surface area contributed by atoms with Crippen molar-refractivity contribution >= 4 is 23.1 Å². The molecule has 2 aromatic heterocycles. The molecule has 4 nitrogen and oxygen atoms in total. The Morgan fingerprint density at radius 1 is 1.47 bits per heavy atom. The lowest BCUT2D eigenvalue weighted by Crippen LogP contribution is -1.95. The van der Waals surface area contributed by atoms with Crippen molar-refractivity contribution in [3.8, 4) is 0 Å². The predicted molar refractivity (Wildman–Crippen MR) is 60.9 cm³/mol. The molecule has 0 spiro atoms. The van der Waals surface area contributed by atoms with Crippen LogP contribution >= 0.6 is 23.1 Å². The molecular weight excluding hydrogens is 230 g/mol. The lowest BCUT2D eigenvalue weighted by molar-refractivity contribution is 0.415. The highest BCUT2D eigenvalue weighted by Crippen LogP contribution is 2.19. The van der Waals surface area contributed by atoms with Gasteiger partial charge in [0.05, 0.1) is 6.54 Å². The van der Waals surface area contributed by atoms with E-state index in [0.717, 1.165) is 12.2 Å². The van der Waals surface area contributed by atoms with E-state index >= 15 is 0 Å². The number of nitrogens with two attached hydrogens (primary N) is 1. The second-order valence-corrected chi connectivity index (χ2v) is 4.92. The summed E-state index contributed by atoms with van der Waals surface area (Å²) >= 11 is 3.33. The van der Waals surface area contributed by atoms with Crippen LogP contribution in [0.2, 0.25) is 0 Å². The predicted octanol–water partition coefficient (Wildman–Crippen LogP) is 1.92. The third-order valence-corrected chi connectivity index (χ3v) is 3.53. The molecule has 2 rings (SSSR count). The standard InChI is InChI=1S/C9H11N3OS2/c10-6-8-11-12-9(13-8)15-5-3-7-2-1-4-14-7/h1-2,4H,3,5-6,10H2. The van der Waals surface area contributed by atoms with E-state index in [2.05, 4.69) is 27.7 Å². The summed E-state index contributed by atoms with van der Waals surface area (Å²) in [5.41, 5.74) is 5.37. The summed E-state index contributed by atoms with van der Waals surface area (Å²) < 4.78 is 5.27. The Morgan fingerprint density at radius 3 is 3.07 bits per heavy atom. The molecule has 0 aromatic carbocycles. The van der Waals surface area contributed by atoms with Crippen LogP contribution in [0.15, 0.2) is 27.2 Å². The van der Waals surface area contributed by atoms with Crippen LogP contribution < -0.4 is 5.73 Å². The van der Waals surface area contributed by atoms with Crippen LogP contribution in [0.5, 0.6) is 0 Å². The number of rotatable bonds is 5. The average molecular weight is 241 g/mol. The van der Waals surface area contributed by atoms with Gasteiger partial charge in [0, 0.05) is 10.6 Å². The van der Waals surface area contributed by atoms with Gasteiger partial charge in [-0.05, 0) is 17.9 Å². The third-order valence-electron chi connectivity index (χ3n) is 1.78. The highest BCUT2D eigenvalue weighted by atomic mass is 32.2. The maximum Gasteiger partial charge on any atom is 0.276 e. The fourth-order valence-corrected chi connectivity index (χ4v) is 2.66. The lowest BCUT2D eigenvalue weighted by atomic mass is 10.4. The summed E-state index contributed by atoms with van der Waals surface area (Å²) in [5, 5.41) is 10.4. The van der Waals surface area contributed by atoms with Gasteiger partial charge in [-0.25, -0.2) is 0 Å². The van der Waals surface area contributed by atoms with E-state index in [9.17, 15) is 0 Å². The van der Waals surface area contributed by atoms with Gasteiger partial charge < -0.3 is 10.2 Å². The molecule has 0 saturated heterocycles. The Hall–Kier alpha value is -0.850. The maximum atomic E-state index is 5.37. The van der Waals surface area contributed by atoms with E-state index in [1.165, 1.54) is 4.88 Å². The van der Waals surface area contributed by atoms with Crippen LogP contribution in [0.1, 0.15) is 10.8 Å². The molecule has 0 aliphatic carbocycles. The van der Waals surface area contributed by atoms with Crippen molar-refractivity contribution in [3.63, 3.8) is 0 Å². The van der Waals surface area contributed by atoms with E-state index in [-0.39, 0.29) is 0 Å². The van der Waals surface area contributed by atoms with Crippen LogP contribution in [-0.2, 0) is 13.0 Å². The largest absolute Gasteiger partial charge is 0.415 e. The van der Waals surface area contributed by atoms with Crippen molar-refractivity contribution in [2.45, 2.75) is 18.2 Å². The van der Waals surface area contributed by atoms with Crippen LogP contribution in [-0.4, -0.2) is 16.0 Å². The summed E-state index contributed by atoms with van der Waals surface area (Å²) in [5.74, 6) is 1.45. The lowest BCUT2D eigenvalue weighted by Gasteiger charge is -1.93. The van der Waals surface area contributed by atoms with Gasteiger partial charge in [0.2, 0.25) is 5.89 Å². The molecule has 0 amide bonds. The summed E-state index contributed by atoms with van der Waals surface area (Å²) in [7, 11) is 0. The van der Waals surface area contributed by atoms with E-state index < -0.39 is 0 Å². The Kier molecular flexibility index (Phi) is 3.76. The summed E-state index contributed by atoms with van der Waals surface area (Å²) in [4.78, 5) is 1.38. The zero-order chi connectivity index (χ0) is 10.5. The Bertz CT molecular complexity index is 399. The molecule has 2 heterocycles. The monoisotopic (exact) mass is 241 g/mol. The number of thiophene rings is 1. The molecule has 2 aromatic rings. The van der Waals surface area contributed by atoms with Gasteiger partial charge in [-0.2, -0.15) is 0 Å². The fourth-order valence-electron chi connectivity index (χ4n) is 1.07. The average Bonchev–Trinajstić information content (AvgIpc) is 2.88. The summed E-state index contributed by atoms with van der Waals surface area (Å²) in [6.07, 6.45) is 1.03. The van der Waals surface area contributed by atoms with E-state index in [0.29, 0.717) is 17.7 Å². The molecular formula is C9H11N3OS2. The first-order chi connectivity index (χ1) is 7.38. The first-order valence-electron chi connectivity index (χ1n) is 4.56. The molecule has 0 radical (unpaired) electrons. The minimum atomic E-state index is 0.304. The van der Waals surface area contributed by atoms with Crippen molar-refractivity contribution in [1.29, 1.82) is 0 Å². The van der Waals surface area contributed by atoms with E-state index in [1.807, 2.05) is 0 Å². The molecule has 0 aliphatic heterocycles. The molecule has 15 heavy (non-hydrogen) atoms. The van der Waals surface area contributed by atoms with E-state index in [1.54, 1.807) is 23.1 Å². The Morgan fingerprint density at radius 2 is 2.40 bits per heavy atom. The van der Waals surface area contributed by atoms with Crippen LogP contribution in [0.4, 0.5) is 0 Å². The number of aromatic nitrogens is 2. The topological polar surface area (TPSA) is 64.9 Å². The molecule has 0 fully saturated rings. The molecule has 0 atom stereocenters. The quantitative estimate of drug-likeness (QED) is 0.810. The van der Waals surface area contributed by atoms with Crippen LogP contribution in [0, 0.1) is 0 Å². The molecule has 2 N–H and O–H groups in total. The SMILES string of the molecule is NCc1nnc(SCCc2cccs2)o1. The smallest absolute Gasteiger partial charge is 0.276 e. The highest BCUT2D eigenvalue weighted by Gasteiger charge is 2.04. The molecule has 6 heteroatoms. The minimum Gasteiger partial charge on any atom is -0.415 e. The Balaban J connectivity index is 1.78.